The molecule has 1 heterocycles. The van der Waals surface area contributed by atoms with Crippen molar-refractivity contribution in [3.63, 3.8) is 0 Å². The molecular formula is C109H196N6O29S6. The van der Waals surface area contributed by atoms with Crippen molar-refractivity contribution in [1.29, 1.82) is 0 Å². The maximum atomic E-state index is 13.3. The third kappa shape index (κ3) is 85.6. The average Bonchev–Trinajstić information content (AvgIpc) is 0.899. The van der Waals surface area contributed by atoms with Gasteiger partial charge in [0.25, 0.3) is 0 Å². The van der Waals surface area contributed by atoms with Crippen molar-refractivity contribution in [2.75, 3.05) is 294 Å². The summed E-state index contributed by atoms with van der Waals surface area (Å²) in [6.07, 6.45) is 28.7. The van der Waals surface area contributed by atoms with Gasteiger partial charge in [-0.15, -0.1) is 0 Å². The molecule has 150 heavy (non-hydrogen) atoms. The second kappa shape index (κ2) is 99.0. The largest absolute Gasteiger partial charge is 0.462 e. The van der Waals surface area contributed by atoms with Gasteiger partial charge >= 0.3 is 83.6 Å². The van der Waals surface area contributed by atoms with E-state index in [4.69, 9.17) is 71.1 Å². The van der Waals surface area contributed by atoms with Gasteiger partial charge in [0.15, 0.2) is 0 Å². The number of nitrogens with zero attached hydrogens (tertiary/aromatic N) is 6. The minimum atomic E-state index is -0.748. The van der Waals surface area contributed by atoms with Crippen LogP contribution >= 0.6 is 70.6 Å². The fourth-order valence-corrected chi connectivity index (χ4v) is 21.1. The predicted molar refractivity (Wildman–Crippen MR) is 599 cm³/mol. The lowest BCUT2D eigenvalue weighted by Crippen LogP contribution is -2.48. The monoisotopic (exact) mass is 2250 g/mol. The van der Waals surface area contributed by atoms with Gasteiger partial charge in [-0.3, -0.25) is 76.9 Å². The zero-order chi connectivity index (χ0) is 110. The van der Waals surface area contributed by atoms with Gasteiger partial charge in [0.1, 0.15) is 92.5 Å². The lowest BCUT2D eigenvalue weighted by atomic mass is 10.1. The van der Waals surface area contributed by atoms with Crippen LogP contribution in [0.5, 0.6) is 0 Å². The van der Waals surface area contributed by atoms with Crippen LogP contribution in [0.2, 0.25) is 0 Å². The number of likely N-dealkylation sites (N-methyl/N-ethyl adjacent to an activating group) is 1. The van der Waals surface area contributed by atoms with Crippen LogP contribution in [0.3, 0.4) is 0 Å². The Bertz CT molecular complexity index is 3210. The molecule has 0 aromatic carbocycles. The van der Waals surface area contributed by atoms with E-state index >= 15 is 0 Å². The van der Waals surface area contributed by atoms with E-state index in [0.717, 1.165) is 88.0 Å². The predicted octanol–water partition coefficient (Wildman–Crippen LogP) is 15.7. The highest BCUT2D eigenvalue weighted by Gasteiger charge is 2.27. The molecule has 1 aliphatic rings. The number of piperazine rings is 1. The first-order valence-corrected chi connectivity index (χ1v) is 62.9. The van der Waals surface area contributed by atoms with Crippen molar-refractivity contribution in [3.8, 4) is 0 Å². The topological polar surface area (TPSA) is 397 Å². The van der Waals surface area contributed by atoms with Crippen LogP contribution < -0.4 is 0 Å². The third-order valence-corrected chi connectivity index (χ3v) is 32.2. The van der Waals surface area contributed by atoms with E-state index in [1.54, 1.807) is 67.8 Å². The molecule has 1 rings (SSSR count). The van der Waals surface area contributed by atoms with Crippen LogP contribution in [-0.4, -0.2) is 407 Å². The highest BCUT2D eigenvalue weighted by molar-refractivity contribution is 8.00. The highest BCUT2D eigenvalue weighted by atomic mass is 32.2. The van der Waals surface area contributed by atoms with Gasteiger partial charge < -0.3 is 90.7 Å². The summed E-state index contributed by atoms with van der Waals surface area (Å²) >= 11 is 9.86. The van der Waals surface area contributed by atoms with E-state index in [0.29, 0.717) is 65.7 Å². The zero-order valence-corrected chi connectivity index (χ0v) is 98.9. The zero-order valence-electron chi connectivity index (χ0n) is 94.0. The standard InChI is InChI=1S/C109H196N6O29S6/c1-14-18-22-26-30-34-76-145-83-90(6)104(124)139-70-63-132-96(116)38-45-111(46-39-97(117)133-64-71-140-105(125)91(7)84-146-77-35-31-27-23-19-15-2)58-61-130-82-89(5)103(123)138-69-62-131-98(118)40-47-112(59-80-149-88-95(11)109(129)144-75-68-137-102(122)44-51-114-54-56-115(57-55-114)53-52-110(12)13)48-43-101(121)136-67-74-143-108(128)94(10)87-150-81-60-113(49-41-99(119)134-65-72-141-106(126)92(8)85-147-78-36-32-28-24-20-16-3)50-42-100(120)135-66-73-142-107(127)93(9)86-148-79-37-33-29-25-21-17-4/h89-95H,14-88H2,1-13H3. The molecule has 872 valence electrons. The van der Waals surface area contributed by atoms with Gasteiger partial charge in [-0.1, -0.05) is 198 Å². The molecule has 41 heteroatoms. The van der Waals surface area contributed by atoms with Gasteiger partial charge in [-0.25, -0.2) is 0 Å². The van der Waals surface area contributed by atoms with Gasteiger partial charge in [0, 0.05) is 151 Å². The summed E-state index contributed by atoms with van der Waals surface area (Å²) in [6.45, 7) is 27.6. The number of hydrogen-bond acceptors (Lipinski definition) is 41. The lowest BCUT2D eigenvalue weighted by molar-refractivity contribution is -0.156. The highest BCUT2D eigenvalue weighted by Crippen LogP contribution is 2.22. The average molecular weight is 2250 g/mol. The lowest BCUT2D eigenvalue weighted by Gasteiger charge is -2.35. The summed E-state index contributed by atoms with van der Waals surface area (Å²) in [6, 6.07) is 0. The Balaban J connectivity index is 2.99. The first kappa shape index (κ1) is 142. The van der Waals surface area contributed by atoms with Crippen LogP contribution in [0.25, 0.3) is 0 Å². The fourth-order valence-electron chi connectivity index (χ4n) is 14.7. The quantitative estimate of drug-likeness (QED) is 0.0310. The Hall–Kier alpha value is -5.60. The van der Waals surface area contributed by atoms with Crippen molar-refractivity contribution in [1.82, 2.24) is 29.4 Å². The summed E-state index contributed by atoms with van der Waals surface area (Å²) in [5.74, 6) is -1.48. The van der Waals surface area contributed by atoms with Crippen LogP contribution in [0.4, 0.5) is 0 Å². The van der Waals surface area contributed by atoms with E-state index in [9.17, 15) is 67.1 Å². The Kier molecular flexibility index (Phi) is 94.0. The number of carbonyl (C=O) groups is 14. The summed E-state index contributed by atoms with van der Waals surface area (Å²) in [5.41, 5.74) is 0. The van der Waals surface area contributed by atoms with Gasteiger partial charge in [-0.2, -0.15) is 70.6 Å². The second-order valence-electron chi connectivity index (χ2n) is 38.9. The Labute approximate surface area is 925 Å². The molecule has 35 nitrogen and oxygen atoms in total. The number of rotatable bonds is 103. The number of unbranched alkanes of at least 4 members (excludes halogenated alkanes) is 20. The van der Waals surface area contributed by atoms with Gasteiger partial charge in [-0.05, 0) is 69.7 Å². The van der Waals surface area contributed by atoms with Crippen LogP contribution in [0.15, 0.2) is 0 Å². The van der Waals surface area contributed by atoms with Crippen molar-refractivity contribution in [3.05, 3.63) is 0 Å². The summed E-state index contributed by atoms with van der Waals surface area (Å²) < 4.78 is 82.0. The molecule has 1 fully saturated rings. The SMILES string of the molecule is CCCCCCCCSCC(C)C(=O)OCCOC(=O)CCN(CCOCC(C)C(=O)OCCOC(=O)CCN(CCSCC(C)C(=O)OCCOC(=O)CCN1CCN(CCN(C)C)CC1)CCC(=O)OCCOC(=O)C(C)CSCCN(CCC(=O)OCCOC(=O)C(C)CSCCCCCCCC)CCC(=O)OCCOC(=O)C(C)CSCCCCCCCC)CCC(=O)OCCOC(=O)C(C)CSCCCCCCCC. The van der Waals surface area contributed by atoms with Crippen molar-refractivity contribution >= 4 is 154 Å². The number of hydrogen-bond donors (Lipinski definition) is 0. The second-order valence-corrected chi connectivity index (χ2v) is 45.8. The molecule has 0 aromatic rings. The minimum absolute atomic E-state index is 0.0171. The van der Waals surface area contributed by atoms with Crippen molar-refractivity contribution in [2.45, 2.75) is 275 Å². The molecule has 0 aromatic heterocycles. The maximum Gasteiger partial charge on any atom is 0.311 e. The molecule has 0 N–H and O–H groups in total. The van der Waals surface area contributed by atoms with E-state index in [1.807, 2.05) is 42.4 Å². The Morgan fingerprint density at radius 3 is 0.660 bits per heavy atom. The smallest absolute Gasteiger partial charge is 0.311 e. The number of thioether (sulfide) groups is 6. The molecule has 1 aliphatic heterocycles. The van der Waals surface area contributed by atoms with Crippen LogP contribution in [0.1, 0.15) is 275 Å². The van der Waals surface area contributed by atoms with Gasteiger partial charge in [0.2, 0.25) is 0 Å². The molecular weight excluding hydrogens is 2050 g/mol. The first-order chi connectivity index (χ1) is 72.4. The molecule has 7 atom stereocenters. The van der Waals surface area contributed by atoms with Crippen LogP contribution in [-0.2, 0) is 138 Å². The molecule has 0 aliphatic carbocycles. The number of ether oxygens (including phenoxy) is 15. The third-order valence-electron chi connectivity index (χ3n) is 24.5. The van der Waals surface area contributed by atoms with E-state index in [1.165, 1.54) is 152 Å². The fraction of sp³-hybridized carbons (Fsp3) is 0.872. The molecule has 0 spiro atoms. The van der Waals surface area contributed by atoms with Crippen LogP contribution in [0, 0.1) is 41.4 Å². The number of carbonyl (C=O) groups excluding carboxylic acids is 14. The maximum absolute atomic E-state index is 13.3. The Morgan fingerprint density at radius 1 is 0.220 bits per heavy atom. The number of esters is 14. The Morgan fingerprint density at radius 2 is 0.420 bits per heavy atom. The summed E-state index contributed by atoms with van der Waals surface area (Å²) in [5, 5.41) is 0. The molecule has 7 unspecified atom stereocenters. The van der Waals surface area contributed by atoms with Crippen molar-refractivity contribution in [2.24, 2.45) is 41.4 Å². The normalized spacial score (nSPS) is 13.7. The van der Waals surface area contributed by atoms with Crippen molar-refractivity contribution < 1.29 is 138 Å². The molecule has 0 saturated carbocycles. The molecule has 0 radical (unpaired) electrons. The molecule has 0 amide bonds. The minimum Gasteiger partial charge on any atom is -0.462 e. The van der Waals surface area contributed by atoms with Gasteiger partial charge in [0.05, 0.1) is 99.6 Å². The first-order valence-electron chi connectivity index (χ1n) is 56.0. The van der Waals surface area contributed by atoms with E-state index in [2.05, 4.69) is 56.5 Å². The van der Waals surface area contributed by atoms with E-state index < -0.39 is 71.5 Å². The van der Waals surface area contributed by atoms with E-state index in [-0.39, 0.29) is 250 Å². The summed E-state index contributed by atoms with van der Waals surface area (Å²) in [4.78, 5) is 194. The summed E-state index contributed by atoms with van der Waals surface area (Å²) in [7, 11) is 4.11. The molecule has 0 bridgehead atoms. The molecule has 1 saturated heterocycles.